The Morgan fingerprint density at radius 1 is 1.12 bits per heavy atom. The van der Waals surface area contributed by atoms with Gasteiger partial charge < -0.3 is 4.74 Å². The summed E-state index contributed by atoms with van der Waals surface area (Å²) in [6, 6.07) is 0. The Bertz CT molecular complexity index is 211. The van der Waals surface area contributed by atoms with Crippen LogP contribution in [0.2, 0.25) is 0 Å². The maximum absolute atomic E-state index is 12.1. The number of ether oxygens (including phenoxy) is 1. The summed E-state index contributed by atoms with van der Waals surface area (Å²) in [5.74, 6) is 0.330. The van der Waals surface area contributed by atoms with Crippen molar-refractivity contribution in [3.8, 4) is 0 Å². The van der Waals surface area contributed by atoms with E-state index in [9.17, 15) is 4.79 Å². The molecule has 0 aliphatic carbocycles. The Morgan fingerprint density at radius 2 is 1.76 bits per heavy atom. The van der Waals surface area contributed by atoms with Crippen molar-refractivity contribution < 1.29 is 9.53 Å². The molecule has 2 nitrogen and oxygen atoms in total. The minimum atomic E-state index is -0.306. The predicted molar refractivity (Wildman–Crippen MR) is 73.0 cm³/mol. The molecule has 0 aromatic carbocycles. The maximum atomic E-state index is 12.1. The third-order valence-electron chi connectivity index (χ3n) is 3.74. The van der Waals surface area contributed by atoms with E-state index in [1.807, 2.05) is 6.92 Å². The summed E-state index contributed by atoms with van der Waals surface area (Å²) in [5, 5.41) is 0. The molecule has 0 spiro atoms. The summed E-state index contributed by atoms with van der Waals surface area (Å²) >= 11 is 0. The first kappa shape index (κ1) is 16.5. The van der Waals surface area contributed by atoms with Gasteiger partial charge in [0.1, 0.15) is 0 Å². The lowest BCUT2D eigenvalue weighted by Crippen LogP contribution is -2.35. The molecule has 1 atom stereocenters. The van der Waals surface area contributed by atoms with Crippen LogP contribution >= 0.6 is 0 Å². The molecule has 102 valence electrons. The number of esters is 1. The van der Waals surface area contributed by atoms with Gasteiger partial charge in [0.2, 0.25) is 0 Å². The van der Waals surface area contributed by atoms with E-state index in [-0.39, 0.29) is 11.4 Å². The summed E-state index contributed by atoms with van der Waals surface area (Å²) in [4.78, 5) is 12.1. The van der Waals surface area contributed by atoms with Gasteiger partial charge in [-0.15, -0.1) is 0 Å². The van der Waals surface area contributed by atoms with Crippen molar-refractivity contribution >= 4 is 5.97 Å². The van der Waals surface area contributed by atoms with Crippen LogP contribution in [0, 0.1) is 11.3 Å². The molecule has 0 saturated carbocycles. The molecule has 0 bridgehead atoms. The molecule has 2 heteroatoms. The Balaban J connectivity index is 4.07. The zero-order chi connectivity index (χ0) is 13.3. The highest BCUT2D eigenvalue weighted by Crippen LogP contribution is 2.33. The van der Waals surface area contributed by atoms with Crippen LogP contribution in [0.1, 0.15) is 73.1 Å². The van der Waals surface area contributed by atoms with E-state index in [0.29, 0.717) is 12.5 Å². The lowest BCUT2D eigenvalue weighted by Gasteiger charge is -2.31. The monoisotopic (exact) mass is 242 g/mol. The predicted octanol–water partition coefficient (Wildman–Crippen LogP) is 4.57. The van der Waals surface area contributed by atoms with Crippen LogP contribution in [-0.2, 0) is 9.53 Å². The van der Waals surface area contributed by atoms with Gasteiger partial charge >= 0.3 is 5.97 Å². The topological polar surface area (TPSA) is 26.3 Å². The van der Waals surface area contributed by atoms with Crippen LogP contribution in [0.3, 0.4) is 0 Å². The molecule has 1 unspecified atom stereocenters. The van der Waals surface area contributed by atoms with E-state index in [0.717, 1.165) is 25.7 Å². The molecule has 0 heterocycles. The molecule has 0 radical (unpaired) electrons. The van der Waals surface area contributed by atoms with Crippen molar-refractivity contribution in [3.05, 3.63) is 0 Å². The van der Waals surface area contributed by atoms with Crippen molar-refractivity contribution in [2.75, 3.05) is 6.61 Å². The molecule has 0 fully saturated rings. The van der Waals surface area contributed by atoms with Gasteiger partial charge in [-0.05, 0) is 25.7 Å². The molecule has 0 aromatic heterocycles. The number of hydrogen-bond acceptors (Lipinski definition) is 2. The minimum absolute atomic E-state index is 0.00847. The Hall–Kier alpha value is -0.530. The molecule has 0 aromatic rings. The summed E-state index contributed by atoms with van der Waals surface area (Å²) < 4.78 is 5.43. The van der Waals surface area contributed by atoms with Gasteiger partial charge in [-0.2, -0.15) is 0 Å². The highest BCUT2D eigenvalue weighted by molar-refractivity contribution is 5.76. The fourth-order valence-corrected chi connectivity index (χ4v) is 2.00. The first-order valence-corrected chi connectivity index (χ1v) is 7.16. The van der Waals surface area contributed by atoms with Crippen LogP contribution in [0.5, 0.6) is 0 Å². The van der Waals surface area contributed by atoms with Crippen LogP contribution in [-0.4, -0.2) is 12.6 Å². The fraction of sp³-hybridized carbons (Fsp3) is 0.933. The Labute approximate surface area is 107 Å². The van der Waals surface area contributed by atoms with Gasteiger partial charge in [0.05, 0.1) is 12.0 Å². The quantitative estimate of drug-likeness (QED) is 0.437. The zero-order valence-electron chi connectivity index (χ0n) is 12.3. The summed E-state index contributed by atoms with van der Waals surface area (Å²) in [6.07, 6.45) is 6.55. The largest absolute Gasteiger partial charge is 0.465 e. The third-order valence-corrected chi connectivity index (χ3v) is 3.74. The molecule has 0 aliphatic rings. The lowest BCUT2D eigenvalue weighted by atomic mass is 9.75. The zero-order valence-corrected chi connectivity index (χ0v) is 12.3. The average Bonchev–Trinajstić information content (AvgIpc) is 2.28. The second-order valence-electron chi connectivity index (χ2n) is 5.52. The SMILES string of the molecule is CCCCCCOC(=O)C(C)(CCC)C(C)C. The summed E-state index contributed by atoms with van der Waals surface area (Å²) in [5.41, 5.74) is -0.306. The molecule has 0 amide bonds. The molecule has 0 saturated heterocycles. The van der Waals surface area contributed by atoms with Gasteiger partial charge in [-0.25, -0.2) is 0 Å². The van der Waals surface area contributed by atoms with Crippen molar-refractivity contribution in [1.29, 1.82) is 0 Å². The van der Waals surface area contributed by atoms with Crippen LogP contribution < -0.4 is 0 Å². The Kier molecular flexibility index (Phi) is 8.28. The number of hydrogen-bond donors (Lipinski definition) is 0. The van der Waals surface area contributed by atoms with E-state index in [1.54, 1.807) is 0 Å². The minimum Gasteiger partial charge on any atom is -0.465 e. The van der Waals surface area contributed by atoms with Crippen molar-refractivity contribution in [3.63, 3.8) is 0 Å². The van der Waals surface area contributed by atoms with E-state index < -0.39 is 0 Å². The molecular weight excluding hydrogens is 212 g/mol. The normalized spacial score (nSPS) is 14.7. The van der Waals surface area contributed by atoms with Crippen LogP contribution in [0.15, 0.2) is 0 Å². The van der Waals surface area contributed by atoms with Crippen molar-refractivity contribution in [1.82, 2.24) is 0 Å². The smallest absolute Gasteiger partial charge is 0.312 e. The molecular formula is C15H30O2. The second-order valence-corrected chi connectivity index (χ2v) is 5.52. The van der Waals surface area contributed by atoms with Crippen LogP contribution in [0.4, 0.5) is 0 Å². The van der Waals surface area contributed by atoms with Gasteiger partial charge in [0, 0.05) is 0 Å². The maximum Gasteiger partial charge on any atom is 0.312 e. The van der Waals surface area contributed by atoms with Gasteiger partial charge in [0.15, 0.2) is 0 Å². The van der Waals surface area contributed by atoms with Crippen LogP contribution in [0.25, 0.3) is 0 Å². The number of unbranched alkanes of at least 4 members (excludes halogenated alkanes) is 3. The standard InChI is InChI=1S/C15H30O2/c1-6-8-9-10-12-17-14(16)15(5,11-7-2)13(3)4/h13H,6-12H2,1-5H3. The van der Waals surface area contributed by atoms with E-state index >= 15 is 0 Å². The molecule has 0 aliphatic heterocycles. The van der Waals surface area contributed by atoms with E-state index in [2.05, 4.69) is 27.7 Å². The number of rotatable bonds is 9. The van der Waals surface area contributed by atoms with Gasteiger partial charge in [0.25, 0.3) is 0 Å². The molecule has 0 N–H and O–H groups in total. The average molecular weight is 242 g/mol. The third kappa shape index (κ3) is 5.56. The van der Waals surface area contributed by atoms with Gasteiger partial charge in [-0.1, -0.05) is 53.4 Å². The summed E-state index contributed by atoms with van der Waals surface area (Å²) in [7, 11) is 0. The number of carbonyl (C=O) groups is 1. The van der Waals surface area contributed by atoms with E-state index in [1.165, 1.54) is 12.8 Å². The molecule has 0 rings (SSSR count). The first-order valence-electron chi connectivity index (χ1n) is 7.16. The van der Waals surface area contributed by atoms with Crippen molar-refractivity contribution in [2.24, 2.45) is 11.3 Å². The lowest BCUT2D eigenvalue weighted by molar-refractivity contribution is -0.158. The van der Waals surface area contributed by atoms with Gasteiger partial charge in [-0.3, -0.25) is 4.79 Å². The van der Waals surface area contributed by atoms with E-state index in [4.69, 9.17) is 4.74 Å². The van der Waals surface area contributed by atoms with Crippen molar-refractivity contribution in [2.45, 2.75) is 73.1 Å². The highest BCUT2D eigenvalue weighted by Gasteiger charge is 2.36. The second kappa shape index (κ2) is 8.54. The highest BCUT2D eigenvalue weighted by atomic mass is 16.5. The summed E-state index contributed by atoms with van der Waals surface area (Å²) in [6.45, 7) is 11.1. The molecule has 17 heavy (non-hydrogen) atoms. The first-order chi connectivity index (χ1) is 7.99. The fourth-order valence-electron chi connectivity index (χ4n) is 2.00. The Morgan fingerprint density at radius 3 is 2.24 bits per heavy atom. The number of carbonyl (C=O) groups excluding carboxylic acids is 1.